The van der Waals surface area contributed by atoms with Crippen molar-refractivity contribution in [2.24, 2.45) is 7.05 Å². The molecule has 3 rings (SSSR count). The minimum atomic E-state index is -2.56. The largest absolute Gasteiger partial charge is 0.444 e. The Bertz CT molecular complexity index is 832. The molecule has 0 aliphatic carbocycles. The molecule has 0 unspecified atom stereocenters. The number of nitrogens with one attached hydrogen (secondary N) is 1. The van der Waals surface area contributed by atoms with Gasteiger partial charge in [0.05, 0.1) is 11.2 Å². The smallest absolute Gasteiger partial charge is 0.412 e. The lowest BCUT2D eigenvalue weighted by atomic mass is 10.1. The van der Waals surface area contributed by atoms with E-state index < -0.39 is 17.6 Å². The third kappa shape index (κ3) is 4.94. The van der Waals surface area contributed by atoms with Crippen molar-refractivity contribution in [1.82, 2.24) is 14.7 Å². The number of nitrogens with zero attached hydrogens (tertiary/aromatic N) is 3. The molecule has 8 heteroatoms. The molecule has 1 fully saturated rings. The van der Waals surface area contributed by atoms with Crippen LogP contribution >= 0.6 is 0 Å². The number of benzene rings is 1. The van der Waals surface area contributed by atoms with Gasteiger partial charge in [-0.15, -0.1) is 0 Å². The summed E-state index contributed by atoms with van der Waals surface area (Å²) >= 11 is 0. The van der Waals surface area contributed by atoms with Crippen LogP contribution in [-0.2, 0) is 18.3 Å². The Morgan fingerprint density at radius 3 is 2.59 bits per heavy atom. The first-order valence-corrected chi connectivity index (χ1v) is 9.08. The first-order valence-electron chi connectivity index (χ1n) is 9.08. The highest BCUT2D eigenvalue weighted by Gasteiger charge is 2.34. The molecule has 0 spiro atoms. The van der Waals surface area contributed by atoms with Crippen LogP contribution in [0.2, 0.25) is 0 Å². The maximum atomic E-state index is 13.4. The van der Waals surface area contributed by atoms with E-state index in [0.29, 0.717) is 25.3 Å². The second kappa shape index (κ2) is 7.07. The molecule has 1 aliphatic rings. The maximum Gasteiger partial charge on any atom is 0.412 e. The number of rotatable bonds is 3. The summed E-state index contributed by atoms with van der Waals surface area (Å²) in [7, 11) is 1.84. The highest BCUT2D eigenvalue weighted by Crippen LogP contribution is 2.30. The van der Waals surface area contributed by atoms with Gasteiger partial charge in [0.1, 0.15) is 5.60 Å². The predicted octanol–water partition coefficient (Wildman–Crippen LogP) is 4.15. The van der Waals surface area contributed by atoms with E-state index in [0.717, 1.165) is 16.6 Å². The molecular weight excluding hydrogens is 354 g/mol. The summed E-state index contributed by atoms with van der Waals surface area (Å²) in [5, 5.41) is 8.17. The normalized spacial score (nSPS) is 17.9. The van der Waals surface area contributed by atoms with Gasteiger partial charge in [0.2, 0.25) is 0 Å². The van der Waals surface area contributed by atoms with Crippen LogP contribution in [0.15, 0.2) is 18.2 Å². The molecular formula is C19H26F2N4O2. The van der Waals surface area contributed by atoms with Crippen molar-refractivity contribution in [1.29, 1.82) is 0 Å². The number of anilines is 1. The SMILES string of the molecule is Cn1nc(CN2CCC(F)(F)CC2)c2cc(NC(=O)OC(C)(C)C)ccc21. The van der Waals surface area contributed by atoms with Crippen molar-refractivity contribution in [2.75, 3.05) is 18.4 Å². The van der Waals surface area contributed by atoms with Gasteiger partial charge in [0.25, 0.3) is 5.92 Å². The molecule has 148 valence electrons. The average Bonchev–Trinajstić information content (AvgIpc) is 2.83. The molecule has 2 heterocycles. The number of fused-ring (bicyclic) bond motifs is 1. The Balaban J connectivity index is 1.77. The molecule has 1 aromatic heterocycles. The molecule has 27 heavy (non-hydrogen) atoms. The van der Waals surface area contributed by atoms with Crippen LogP contribution in [-0.4, -0.2) is 45.4 Å². The first-order chi connectivity index (χ1) is 12.5. The molecule has 0 radical (unpaired) electrons. The van der Waals surface area contributed by atoms with E-state index in [4.69, 9.17) is 4.74 Å². The van der Waals surface area contributed by atoms with Crippen molar-refractivity contribution in [3.63, 3.8) is 0 Å². The number of ether oxygens (including phenoxy) is 1. The number of amides is 1. The van der Waals surface area contributed by atoms with Crippen LogP contribution in [0.5, 0.6) is 0 Å². The summed E-state index contributed by atoms with van der Waals surface area (Å²) in [4.78, 5) is 14.0. The average molecular weight is 380 g/mol. The molecule has 0 saturated carbocycles. The molecule has 2 aromatic rings. The minimum Gasteiger partial charge on any atom is -0.444 e. The fourth-order valence-electron chi connectivity index (χ4n) is 3.20. The fourth-order valence-corrected chi connectivity index (χ4v) is 3.20. The fraction of sp³-hybridized carbons (Fsp3) is 0.579. The van der Waals surface area contributed by atoms with E-state index in [1.165, 1.54) is 0 Å². The number of hydrogen-bond acceptors (Lipinski definition) is 4. The summed E-state index contributed by atoms with van der Waals surface area (Å²) in [6.07, 6.45) is -0.766. The van der Waals surface area contributed by atoms with Gasteiger partial charge < -0.3 is 4.74 Å². The van der Waals surface area contributed by atoms with Gasteiger partial charge >= 0.3 is 6.09 Å². The number of carbonyl (C=O) groups excluding carboxylic acids is 1. The standard InChI is InChI=1S/C19H26F2N4O2/c1-18(2,3)27-17(26)22-13-5-6-16-14(11-13)15(23-24(16)4)12-25-9-7-19(20,21)8-10-25/h5-6,11H,7-10,12H2,1-4H3,(H,22,26). The number of hydrogen-bond donors (Lipinski definition) is 1. The van der Waals surface area contributed by atoms with Crippen molar-refractivity contribution in [3.05, 3.63) is 23.9 Å². The van der Waals surface area contributed by atoms with Crippen LogP contribution in [0.4, 0.5) is 19.3 Å². The van der Waals surface area contributed by atoms with Gasteiger partial charge in [0.15, 0.2) is 0 Å². The molecule has 0 atom stereocenters. The maximum absolute atomic E-state index is 13.4. The quantitative estimate of drug-likeness (QED) is 0.869. The van der Waals surface area contributed by atoms with Gasteiger partial charge in [-0.25, -0.2) is 13.6 Å². The zero-order valence-electron chi connectivity index (χ0n) is 16.2. The van der Waals surface area contributed by atoms with Crippen molar-refractivity contribution < 1.29 is 18.3 Å². The van der Waals surface area contributed by atoms with E-state index in [2.05, 4.69) is 10.4 Å². The van der Waals surface area contributed by atoms with E-state index in [1.54, 1.807) is 31.5 Å². The van der Waals surface area contributed by atoms with E-state index >= 15 is 0 Å². The topological polar surface area (TPSA) is 59.4 Å². The number of alkyl halides is 2. The zero-order valence-corrected chi connectivity index (χ0v) is 16.2. The Morgan fingerprint density at radius 2 is 1.96 bits per heavy atom. The third-order valence-corrected chi connectivity index (χ3v) is 4.53. The summed E-state index contributed by atoms with van der Waals surface area (Å²) in [6.45, 7) is 6.61. The summed E-state index contributed by atoms with van der Waals surface area (Å²) in [5.41, 5.74) is 1.76. The van der Waals surface area contributed by atoms with E-state index in [-0.39, 0.29) is 12.8 Å². The monoisotopic (exact) mass is 380 g/mol. The third-order valence-electron chi connectivity index (χ3n) is 4.53. The predicted molar refractivity (Wildman–Crippen MR) is 100 cm³/mol. The number of piperidine rings is 1. The lowest BCUT2D eigenvalue weighted by molar-refractivity contribution is -0.0568. The molecule has 1 aliphatic heterocycles. The molecule has 0 bridgehead atoms. The van der Waals surface area contributed by atoms with Crippen LogP contribution in [0.1, 0.15) is 39.3 Å². The number of halogens is 2. The number of aromatic nitrogens is 2. The highest BCUT2D eigenvalue weighted by atomic mass is 19.3. The Kier molecular flexibility index (Phi) is 5.12. The molecule has 6 nitrogen and oxygen atoms in total. The van der Waals surface area contributed by atoms with Crippen molar-refractivity contribution in [3.8, 4) is 0 Å². The second-order valence-corrected chi connectivity index (χ2v) is 8.06. The number of aryl methyl sites for hydroxylation is 1. The van der Waals surface area contributed by atoms with E-state index in [9.17, 15) is 13.6 Å². The molecule has 1 saturated heterocycles. The van der Waals surface area contributed by atoms with Crippen molar-refractivity contribution >= 4 is 22.7 Å². The molecule has 1 N–H and O–H groups in total. The van der Waals surface area contributed by atoms with Gasteiger partial charge in [-0.1, -0.05) is 0 Å². The lowest BCUT2D eigenvalue weighted by Crippen LogP contribution is -2.38. The van der Waals surface area contributed by atoms with Crippen LogP contribution in [0.3, 0.4) is 0 Å². The second-order valence-electron chi connectivity index (χ2n) is 8.06. The van der Waals surface area contributed by atoms with Gasteiger partial charge in [-0.05, 0) is 39.0 Å². The highest BCUT2D eigenvalue weighted by molar-refractivity contribution is 5.91. The number of carbonyl (C=O) groups is 1. The van der Waals surface area contributed by atoms with E-state index in [1.807, 2.05) is 24.1 Å². The van der Waals surface area contributed by atoms with Gasteiger partial charge in [-0.2, -0.15) is 5.10 Å². The first kappa shape index (κ1) is 19.5. The summed E-state index contributed by atoms with van der Waals surface area (Å²) in [6, 6.07) is 5.52. The minimum absolute atomic E-state index is 0.122. The molecule has 1 amide bonds. The van der Waals surface area contributed by atoms with Crippen molar-refractivity contribution in [2.45, 2.75) is 51.7 Å². The Morgan fingerprint density at radius 1 is 1.30 bits per heavy atom. The summed E-state index contributed by atoms with van der Waals surface area (Å²) < 4.78 is 33.8. The van der Waals surface area contributed by atoms with Gasteiger partial charge in [-0.3, -0.25) is 14.9 Å². The van der Waals surface area contributed by atoms with Crippen LogP contribution in [0.25, 0.3) is 10.9 Å². The zero-order chi connectivity index (χ0) is 19.8. The van der Waals surface area contributed by atoms with Gasteiger partial charge in [0, 0.05) is 50.6 Å². The Hall–Kier alpha value is -2.22. The molecule has 1 aromatic carbocycles. The number of likely N-dealkylation sites (tertiary alicyclic amines) is 1. The summed E-state index contributed by atoms with van der Waals surface area (Å²) in [5.74, 6) is -2.56. The lowest BCUT2D eigenvalue weighted by Gasteiger charge is -2.31. The van der Waals surface area contributed by atoms with Crippen LogP contribution < -0.4 is 5.32 Å². The Labute approximate surface area is 157 Å². The van der Waals surface area contributed by atoms with Crippen LogP contribution in [0, 0.1) is 0 Å².